The van der Waals surface area contributed by atoms with Crippen LogP contribution in [0.3, 0.4) is 0 Å². The molecule has 2 rings (SSSR count). The minimum Gasteiger partial charge on any atom is -0.383 e. The number of unbranched alkanes of at least 4 members (excludes halogenated alkanes) is 3. The Hall–Kier alpha value is -1.68. The summed E-state index contributed by atoms with van der Waals surface area (Å²) >= 11 is 0. The van der Waals surface area contributed by atoms with Crippen molar-refractivity contribution < 1.29 is 0 Å². The van der Waals surface area contributed by atoms with E-state index in [-0.39, 0.29) is 0 Å². The molecule has 0 bridgehead atoms. The van der Waals surface area contributed by atoms with Crippen molar-refractivity contribution >= 4 is 16.6 Å². The molecule has 0 radical (unpaired) electrons. The van der Waals surface area contributed by atoms with Gasteiger partial charge in [-0.3, -0.25) is 0 Å². The second-order valence-corrected chi connectivity index (χ2v) is 4.41. The topological polar surface area (TPSA) is 63.8 Å². The summed E-state index contributed by atoms with van der Waals surface area (Å²) in [6.45, 7) is 1.77. The molecule has 18 heavy (non-hydrogen) atoms. The summed E-state index contributed by atoms with van der Waals surface area (Å²) in [4.78, 5) is 0. The van der Waals surface area contributed by atoms with Crippen LogP contribution in [0.5, 0.6) is 0 Å². The monoisotopic (exact) mass is 244 g/mol. The lowest BCUT2D eigenvalue weighted by Gasteiger charge is -2.08. The van der Waals surface area contributed by atoms with Gasteiger partial charge < -0.3 is 11.1 Å². The van der Waals surface area contributed by atoms with Gasteiger partial charge in [0.05, 0.1) is 17.4 Å². The molecule has 1 heterocycles. The van der Waals surface area contributed by atoms with Crippen molar-refractivity contribution in [3.8, 4) is 0 Å². The van der Waals surface area contributed by atoms with Crippen molar-refractivity contribution in [2.75, 3.05) is 18.4 Å². The van der Waals surface area contributed by atoms with Crippen LogP contribution in [-0.4, -0.2) is 23.3 Å². The van der Waals surface area contributed by atoms with Gasteiger partial charge in [-0.15, -0.1) is 0 Å². The van der Waals surface area contributed by atoms with E-state index in [2.05, 4.69) is 21.6 Å². The summed E-state index contributed by atoms with van der Waals surface area (Å²) in [6, 6.07) is 8.06. The van der Waals surface area contributed by atoms with Gasteiger partial charge >= 0.3 is 0 Å². The van der Waals surface area contributed by atoms with Crippen LogP contribution in [-0.2, 0) is 0 Å². The molecular weight excluding hydrogens is 224 g/mol. The third kappa shape index (κ3) is 3.40. The molecule has 0 unspecified atom stereocenters. The van der Waals surface area contributed by atoms with Gasteiger partial charge in [0.1, 0.15) is 0 Å². The van der Waals surface area contributed by atoms with Crippen molar-refractivity contribution in [1.29, 1.82) is 0 Å². The van der Waals surface area contributed by atoms with Crippen molar-refractivity contribution in [2.24, 2.45) is 5.73 Å². The first-order chi connectivity index (χ1) is 8.92. The molecule has 0 aliphatic rings. The predicted octanol–water partition coefficient (Wildman–Crippen LogP) is 2.56. The van der Waals surface area contributed by atoms with Crippen LogP contribution >= 0.6 is 0 Å². The molecule has 0 saturated heterocycles. The zero-order valence-electron chi connectivity index (χ0n) is 10.6. The van der Waals surface area contributed by atoms with E-state index in [1.807, 2.05) is 18.2 Å². The predicted molar refractivity (Wildman–Crippen MR) is 75.6 cm³/mol. The molecule has 0 aliphatic carbocycles. The third-order valence-electron chi connectivity index (χ3n) is 2.99. The van der Waals surface area contributed by atoms with Gasteiger partial charge in [0, 0.05) is 11.9 Å². The second-order valence-electron chi connectivity index (χ2n) is 4.41. The maximum atomic E-state index is 5.47. The minimum absolute atomic E-state index is 0.798. The second kappa shape index (κ2) is 6.91. The van der Waals surface area contributed by atoms with Crippen LogP contribution in [0.25, 0.3) is 10.9 Å². The quantitative estimate of drug-likeness (QED) is 0.735. The zero-order chi connectivity index (χ0) is 12.6. The van der Waals surface area contributed by atoms with Crippen LogP contribution in [0.15, 0.2) is 30.5 Å². The summed E-state index contributed by atoms with van der Waals surface area (Å²) < 4.78 is 0. The van der Waals surface area contributed by atoms with Gasteiger partial charge in [0.2, 0.25) is 0 Å². The number of hydrogen-bond acceptors (Lipinski definition) is 4. The summed E-state index contributed by atoms with van der Waals surface area (Å²) in [5.41, 5.74) is 7.47. The van der Waals surface area contributed by atoms with Crippen LogP contribution in [0.2, 0.25) is 0 Å². The number of hydrogen-bond donors (Lipinski definition) is 2. The molecule has 0 spiro atoms. The number of aromatic nitrogens is 2. The highest BCUT2D eigenvalue weighted by Gasteiger charge is 2.00. The number of benzene rings is 1. The first kappa shape index (κ1) is 12.8. The Morgan fingerprint density at radius 1 is 1.06 bits per heavy atom. The Labute approximate surface area is 108 Å². The number of nitrogens with one attached hydrogen (secondary N) is 1. The number of anilines is 1. The normalized spacial score (nSPS) is 10.7. The van der Waals surface area contributed by atoms with Crippen molar-refractivity contribution in [1.82, 2.24) is 10.2 Å². The Morgan fingerprint density at radius 2 is 1.89 bits per heavy atom. The standard InChI is InChI=1S/C14H20N4/c15-9-5-1-2-6-10-16-14-11-17-18-13-8-4-3-7-12(13)14/h3-4,7-8,11H,1-2,5-6,9-10,15H2,(H,16,18). The van der Waals surface area contributed by atoms with E-state index < -0.39 is 0 Å². The first-order valence-electron chi connectivity index (χ1n) is 6.56. The van der Waals surface area contributed by atoms with Crippen molar-refractivity contribution in [3.05, 3.63) is 30.5 Å². The molecule has 3 N–H and O–H groups in total. The van der Waals surface area contributed by atoms with E-state index >= 15 is 0 Å². The molecule has 0 saturated carbocycles. The molecule has 1 aromatic carbocycles. The number of nitrogens with zero attached hydrogens (tertiary/aromatic N) is 2. The van der Waals surface area contributed by atoms with Crippen LogP contribution in [0.1, 0.15) is 25.7 Å². The Bertz CT molecular complexity index is 479. The smallest absolute Gasteiger partial charge is 0.0950 e. The molecule has 96 valence electrons. The van der Waals surface area contributed by atoms with E-state index in [4.69, 9.17) is 5.73 Å². The average molecular weight is 244 g/mol. The molecule has 0 fully saturated rings. The van der Waals surface area contributed by atoms with Crippen LogP contribution in [0, 0.1) is 0 Å². The molecule has 1 aromatic heterocycles. The Kier molecular flexibility index (Phi) is 4.90. The maximum absolute atomic E-state index is 5.47. The summed E-state index contributed by atoms with van der Waals surface area (Å²) in [5.74, 6) is 0. The maximum Gasteiger partial charge on any atom is 0.0950 e. The fraction of sp³-hybridized carbons (Fsp3) is 0.429. The third-order valence-corrected chi connectivity index (χ3v) is 2.99. The van der Waals surface area contributed by atoms with E-state index in [9.17, 15) is 0 Å². The highest BCUT2D eigenvalue weighted by Crippen LogP contribution is 2.19. The van der Waals surface area contributed by atoms with Gasteiger partial charge in [0.15, 0.2) is 0 Å². The molecule has 0 aliphatic heterocycles. The molecule has 4 nitrogen and oxygen atoms in total. The van der Waals surface area contributed by atoms with E-state index in [0.29, 0.717) is 0 Å². The Morgan fingerprint density at radius 3 is 2.78 bits per heavy atom. The number of fused-ring (bicyclic) bond motifs is 1. The van der Waals surface area contributed by atoms with Gasteiger partial charge in [-0.1, -0.05) is 31.0 Å². The largest absolute Gasteiger partial charge is 0.383 e. The zero-order valence-corrected chi connectivity index (χ0v) is 10.6. The van der Waals surface area contributed by atoms with Crippen molar-refractivity contribution in [2.45, 2.75) is 25.7 Å². The van der Waals surface area contributed by atoms with Gasteiger partial charge in [0.25, 0.3) is 0 Å². The van der Waals surface area contributed by atoms with Crippen LogP contribution in [0.4, 0.5) is 5.69 Å². The fourth-order valence-electron chi connectivity index (χ4n) is 1.99. The molecule has 0 atom stereocenters. The number of nitrogens with two attached hydrogens (primary N) is 1. The van der Waals surface area contributed by atoms with Gasteiger partial charge in [-0.2, -0.15) is 10.2 Å². The SMILES string of the molecule is NCCCCCCNc1cnnc2ccccc12. The highest BCUT2D eigenvalue weighted by molar-refractivity contribution is 5.90. The van der Waals surface area contributed by atoms with E-state index in [1.54, 1.807) is 6.20 Å². The molecule has 0 amide bonds. The highest BCUT2D eigenvalue weighted by atomic mass is 15.1. The summed E-state index contributed by atoms with van der Waals surface area (Å²) in [7, 11) is 0. The minimum atomic E-state index is 0.798. The lowest BCUT2D eigenvalue weighted by Crippen LogP contribution is -2.04. The van der Waals surface area contributed by atoms with Crippen molar-refractivity contribution in [3.63, 3.8) is 0 Å². The van der Waals surface area contributed by atoms with Crippen LogP contribution < -0.4 is 11.1 Å². The summed E-state index contributed by atoms with van der Waals surface area (Å²) in [5, 5.41) is 12.7. The fourth-order valence-corrected chi connectivity index (χ4v) is 1.99. The first-order valence-corrected chi connectivity index (χ1v) is 6.56. The molecule has 4 heteroatoms. The molecular formula is C14H20N4. The lowest BCUT2D eigenvalue weighted by atomic mass is 10.2. The van der Waals surface area contributed by atoms with E-state index in [0.717, 1.165) is 42.5 Å². The summed E-state index contributed by atoms with van der Waals surface area (Å²) in [6.07, 6.45) is 6.52. The average Bonchev–Trinajstić information content (AvgIpc) is 2.43. The van der Waals surface area contributed by atoms with Gasteiger partial charge in [-0.05, 0) is 25.5 Å². The Balaban J connectivity index is 1.88. The number of rotatable bonds is 7. The van der Waals surface area contributed by atoms with Gasteiger partial charge in [-0.25, -0.2) is 0 Å². The van der Waals surface area contributed by atoms with E-state index in [1.165, 1.54) is 12.8 Å². The molecule has 2 aromatic rings. The lowest BCUT2D eigenvalue weighted by molar-refractivity contribution is 0.661.